The first-order valence-electron chi connectivity index (χ1n) is 15.7. The summed E-state index contributed by atoms with van der Waals surface area (Å²) in [5.41, 5.74) is 6.58. The number of benzene rings is 4. The number of para-hydroxylation sites is 1. The number of phenols is 1. The molecule has 2 aliphatic heterocycles. The molecular formula is C39H37NO4. The zero-order valence-electron chi connectivity index (χ0n) is 25.1. The number of hydrogen-bond acceptors (Lipinski definition) is 4. The van der Waals surface area contributed by atoms with Gasteiger partial charge in [-0.2, -0.15) is 0 Å². The predicted molar refractivity (Wildman–Crippen MR) is 175 cm³/mol. The van der Waals surface area contributed by atoms with Crippen molar-refractivity contribution >= 4 is 39.9 Å². The van der Waals surface area contributed by atoms with E-state index in [4.69, 9.17) is 4.74 Å². The van der Waals surface area contributed by atoms with Crippen LogP contribution in [0.3, 0.4) is 0 Å². The molecule has 2 heterocycles. The van der Waals surface area contributed by atoms with Crippen LogP contribution in [0.15, 0.2) is 108 Å². The van der Waals surface area contributed by atoms with E-state index in [9.17, 15) is 14.7 Å². The predicted octanol–water partition coefficient (Wildman–Crippen LogP) is 8.04. The first kappa shape index (κ1) is 28.3. The molecule has 0 aromatic heterocycles. The third-order valence-electron chi connectivity index (χ3n) is 9.74. The number of amides is 2. The van der Waals surface area contributed by atoms with Gasteiger partial charge in [0.2, 0.25) is 11.8 Å². The fourth-order valence-electron chi connectivity index (χ4n) is 7.65. The zero-order valence-corrected chi connectivity index (χ0v) is 25.1. The number of carbonyl (C=O) groups excluding carboxylic acids is 2. The van der Waals surface area contributed by atoms with E-state index in [1.807, 2.05) is 66.7 Å². The monoisotopic (exact) mass is 583 g/mol. The summed E-state index contributed by atoms with van der Waals surface area (Å²) in [5, 5.41) is 12.3. The van der Waals surface area contributed by atoms with Gasteiger partial charge in [-0.15, -0.1) is 0 Å². The molecular weight excluding hydrogens is 546 g/mol. The van der Waals surface area contributed by atoms with Gasteiger partial charge in [0.25, 0.3) is 0 Å². The molecule has 44 heavy (non-hydrogen) atoms. The molecule has 0 unspecified atom stereocenters. The van der Waals surface area contributed by atoms with E-state index in [0.29, 0.717) is 18.7 Å². The molecule has 4 aromatic rings. The molecule has 4 atom stereocenters. The van der Waals surface area contributed by atoms with Crippen molar-refractivity contribution in [1.29, 1.82) is 0 Å². The summed E-state index contributed by atoms with van der Waals surface area (Å²) in [6.07, 6.45) is 4.30. The lowest BCUT2D eigenvalue weighted by Gasteiger charge is -2.33. The zero-order chi connectivity index (χ0) is 30.4. The summed E-state index contributed by atoms with van der Waals surface area (Å²) in [6, 6.07) is 31.4. The number of ether oxygens (including phenoxy) is 1. The highest BCUT2D eigenvalue weighted by Gasteiger charge is 2.57. The van der Waals surface area contributed by atoms with Crippen molar-refractivity contribution in [1.82, 2.24) is 0 Å². The second kappa shape index (κ2) is 11.5. The molecule has 0 bridgehead atoms. The molecule has 2 fully saturated rings. The van der Waals surface area contributed by atoms with Crippen LogP contribution in [0, 0.1) is 23.7 Å². The van der Waals surface area contributed by atoms with Gasteiger partial charge in [0.05, 0.1) is 30.2 Å². The third-order valence-corrected chi connectivity index (χ3v) is 9.74. The van der Waals surface area contributed by atoms with E-state index in [-0.39, 0.29) is 47.3 Å². The molecule has 2 amide bonds. The van der Waals surface area contributed by atoms with Crippen LogP contribution in [0.25, 0.3) is 22.4 Å². The lowest BCUT2D eigenvalue weighted by molar-refractivity contribution is -0.122. The topological polar surface area (TPSA) is 66.8 Å². The molecule has 0 radical (unpaired) electrons. The average molecular weight is 584 g/mol. The maximum Gasteiger partial charge on any atom is 0.238 e. The minimum Gasteiger partial charge on any atom is -0.507 e. The maximum atomic E-state index is 13.9. The lowest BCUT2D eigenvalue weighted by Crippen LogP contribution is -2.35. The molecule has 2 saturated heterocycles. The van der Waals surface area contributed by atoms with Gasteiger partial charge in [-0.3, -0.25) is 14.5 Å². The molecule has 7 rings (SSSR count). The van der Waals surface area contributed by atoms with Crippen LogP contribution in [0.1, 0.15) is 44.2 Å². The Morgan fingerprint density at radius 1 is 0.864 bits per heavy atom. The van der Waals surface area contributed by atoms with Crippen molar-refractivity contribution in [2.24, 2.45) is 23.7 Å². The Hall–Kier alpha value is -4.48. The number of hydrogen-bond donors (Lipinski definition) is 1. The Balaban J connectivity index is 1.21. The number of nitrogens with zero attached hydrogens (tertiary/aromatic N) is 1. The van der Waals surface area contributed by atoms with Gasteiger partial charge in [-0.25, -0.2) is 0 Å². The van der Waals surface area contributed by atoms with E-state index in [1.165, 1.54) is 21.6 Å². The van der Waals surface area contributed by atoms with E-state index in [1.54, 1.807) is 6.07 Å². The van der Waals surface area contributed by atoms with Gasteiger partial charge in [-0.1, -0.05) is 104 Å². The van der Waals surface area contributed by atoms with Crippen molar-refractivity contribution in [3.05, 3.63) is 119 Å². The summed E-state index contributed by atoms with van der Waals surface area (Å²) >= 11 is 0. The van der Waals surface area contributed by atoms with E-state index in [0.717, 1.165) is 34.7 Å². The minimum atomic E-state index is -0.377. The normalized spacial score (nSPS) is 23.5. The molecule has 1 N–H and O–H groups in total. The summed E-state index contributed by atoms with van der Waals surface area (Å²) in [5.74, 6) is -0.423. The first-order chi connectivity index (χ1) is 21.4. The van der Waals surface area contributed by atoms with Crippen LogP contribution >= 0.6 is 0 Å². The van der Waals surface area contributed by atoms with Crippen LogP contribution in [0.2, 0.25) is 0 Å². The molecule has 0 saturated carbocycles. The van der Waals surface area contributed by atoms with Gasteiger partial charge >= 0.3 is 0 Å². The summed E-state index contributed by atoms with van der Waals surface area (Å²) < 4.78 is 6.54. The van der Waals surface area contributed by atoms with Crippen LogP contribution < -0.4 is 4.90 Å². The second-order valence-electron chi connectivity index (χ2n) is 12.5. The number of phenolic OH excluding ortho intramolecular Hbond substituents is 1. The van der Waals surface area contributed by atoms with E-state index in [2.05, 4.69) is 44.2 Å². The number of carbonyl (C=O) groups is 2. The van der Waals surface area contributed by atoms with Crippen LogP contribution in [0.4, 0.5) is 5.69 Å². The molecule has 5 nitrogen and oxygen atoms in total. The molecule has 222 valence electrons. The van der Waals surface area contributed by atoms with Crippen molar-refractivity contribution in [2.45, 2.75) is 39.2 Å². The van der Waals surface area contributed by atoms with Crippen molar-refractivity contribution in [3.8, 4) is 5.75 Å². The average Bonchev–Trinajstić information content (AvgIpc) is 3.58. The standard InChI is InChI=1S/C39H37NO4/c1-24(2)31-22-32-37(39(43)40(38(32)42)28-13-7-4-8-14-28)33-23-44-35(36(31)33)20-18-26(25-11-5-3-6-12-25)21-27-17-19-34(41)30-16-10-9-15-29(27)30/h3-17,19,21,24,32-33,35,37,41H,18,20,22-23H2,1-2H3/b26-21-/t32-,33+,35-,37-/m1/s1. The Bertz CT molecular complexity index is 1790. The van der Waals surface area contributed by atoms with Crippen molar-refractivity contribution in [3.63, 3.8) is 0 Å². The smallest absolute Gasteiger partial charge is 0.238 e. The fourth-order valence-corrected chi connectivity index (χ4v) is 7.65. The Labute approximate surface area is 258 Å². The number of anilines is 1. The quantitative estimate of drug-likeness (QED) is 0.136. The highest BCUT2D eigenvalue weighted by molar-refractivity contribution is 6.22. The molecule has 0 spiro atoms. The Morgan fingerprint density at radius 2 is 1.55 bits per heavy atom. The number of allylic oxidation sites excluding steroid dienone is 2. The van der Waals surface area contributed by atoms with Crippen LogP contribution in [-0.4, -0.2) is 29.6 Å². The number of aromatic hydroxyl groups is 1. The summed E-state index contributed by atoms with van der Waals surface area (Å²) in [6.45, 7) is 4.85. The molecule has 5 heteroatoms. The maximum absolute atomic E-state index is 13.9. The van der Waals surface area contributed by atoms with Gasteiger partial charge in [-0.05, 0) is 71.0 Å². The first-order valence-corrected chi connectivity index (χ1v) is 15.7. The largest absolute Gasteiger partial charge is 0.507 e. The lowest BCUT2D eigenvalue weighted by atomic mass is 9.67. The van der Waals surface area contributed by atoms with Crippen LogP contribution in [0.5, 0.6) is 5.75 Å². The highest BCUT2D eigenvalue weighted by Crippen LogP contribution is 2.52. The third kappa shape index (κ3) is 4.86. The van der Waals surface area contributed by atoms with Crippen molar-refractivity contribution < 1.29 is 19.4 Å². The van der Waals surface area contributed by atoms with E-state index < -0.39 is 0 Å². The van der Waals surface area contributed by atoms with Gasteiger partial charge in [0.1, 0.15) is 5.75 Å². The number of imide groups is 1. The molecule has 4 aromatic carbocycles. The van der Waals surface area contributed by atoms with Crippen LogP contribution in [-0.2, 0) is 14.3 Å². The fraction of sp³-hybridized carbons (Fsp3) is 0.282. The number of fused-ring (bicyclic) bond motifs is 4. The molecule has 3 aliphatic rings. The number of rotatable bonds is 7. The van der Waals surface area contributed by atoms with Gasteiger partial charge < -0.3 is 9.84 Å². The highest BCUT2D eigenvalue weighted by atomic mass is 16.5. The van der Waals surface area contributed by atoms with Gasteiger partial charge in [0, 0.05) is 11.3 Å². The molecule has 1 aliphatic carbocycles. The summed E-state index contributed by atoms with van der Waals surface area (Å²) in [4.78, 5) is 28.9. The SMILES string of the molecule is CC(C)C1=C2[C@@H](CC/C(=C/c3ccc(O)c4ccccc34)c3ccccc3)OC[C@@H]2[C@@H]2C(=O)N(c3ccccc3)C(=O)[C@@H]2C1. The van der Waals surface area contributed by atoms with E-state index >= 15 is 0 Å². The van der Waals surface area contributed by atoms with Crippen molar-refractivity contribution in [2.75, 3.05) is 11.5 Å². The Morgan fingerprint density at radius 3 is 2.27 bits per heavy atom. The summed E-state index contributed by atoms with van der Waals surface area (Å²) in [7, 11) is 0. The minimum absolute atomic E-state index is 0.0773. The van der Waals surface area contributed by atoms with Gasteiger partial charge in [0.15, 0.2) is 0 Å². The Kier molecular flexibility index (Phi) is 7.43. The second-order valence-corrected chi connectivity index (χ2v) is 12.5.